The SMILES string of the molecule is Cc1cc2n(n1)CC1(CC1)CNCC(CC1CCN(C(=O)OC(C)(C)C)CC1)CN(C)C2=O. The van der Waals surface area contributed by atoms with Crippen molar-refractivity contribution in [3.8, 4) is 0 Å². The monoisotopic (exact) mass is 459 g/mol. The fourth-order valence-corrected chi connectivity index (χ4v) is 5.30. The summed E-state index contributed by atoms with van der Waals surface area (Å²) in [6, 6.07) is 1.93. The number of fused-ring (bicyclic) bond motifs is 1. The van der Waals surface area contributed by atoms with Crippen LogP contribution in [0.15, 0.2) is 6.07 Å². The van der Waals surface area contributed by atoms with Crippen LogP contribution in [0.4, 0.5) is 4.79 Å². The van der Waals surface area contributed by atoms with Gasteiger partial charge in [0, 0.05) is 45.2 Å². The number of carbonyl (C=O) groups excluding carboxylic acids is 2. The van der Waals surface area contributed by atoms with E-state index in [2.05, 4.69) is 10.4 Å². The molecule has 184 valence electrons. The van der Waals surface area contributed by atoms with Gasteiger partial charge in [-0.3, -0.25) is 9.48 Å². The summed E-state index contributed by atoms with van der Waals surface area (Å²) in [4.78, 5) is 29.4. The summed E-state index contributed by atoms with van der Waals surface area (Å²) in [7, 11) is 1.91. The Kier molecular flexibility index (Phi) is 6.76. The van der Waals surface area contributed by atoms with Crippen molar-refractivity contribution in [2.24, 2.45) is 17.3 Å². The molecule has 3 heterocycles. The van der Waals surface area contributed by atoms with Gasteiger partial charge in [-0.05, 0) is 84.2 Å². The highest BCUT2D eigenvalue weighted by atomic mass is 16.6. The zero-order valence-corrected chi connectivity index (χ0v) is 21.0. The molecule has 2 aliphatic heterocycles. The molecule has 3 aliphatic rings. The highest BCUT2D eigenvalue weighted by Crippen LogP contribution is 2.46. The smallest absolute Gasteiger partial charge is 0.410 e. The Morgan fingerprint density at radius 3 is 2.58 bits per heavy atom. The van der Waals surface area contributed by atoms with Crippen molar-refractivity contribution in [3.05, 3.63) is 17.5 Å². The van der Waals surface area contributed by atoms with Crippen LogP contribution in [0.1, 0.15) is 69.1 Å². The molecule has 1 saturated heterocycles. The molecule has 0 radical (unpaired) electrons. The van der Waals surface area contributed by atoms with E-state index in [4.69, 9.17) is 4.74 Å². The molecule has 1 N–H and O–H groups in total. The van der Waals surface area contributed by atoms with Gasteiger partial charge in [0.1, 0.15) is 11.3 Å². The van der Waals surface area contributed by atoms with Crippen molar-refractivity contribution in [2.75, 3.05) is 39.8 Å². The number of nitrogens with zero attached hydrogens (tertiary/aromatic N) is 4. The summed E-state index contributed by atoms with van der Waals surface area (Å²) in [5.74, 6) is 1.02. The summed E-state index contributed by atoms with van der Waals surface area (Å²) in [5.41, 5.74) is 1.39. The molecular weight excluding hydrogens is 418 g/mol. The Labute approximate surface area is 198 Å². The average molecular weight is 460 g/mol. The van der Waals surface area contributed by atoms with Crippen molar-refractivity contribution in [1.82, 2.24) is 24.9 Å². The molecule has 4 rings (SSSR count). The maximum atomic E-state index is 13.3. The van der Waals surface area contributed by atoms with E-state index in [-0.39, 0.29) is 17.4 Å². The molecule has 1 saturated carbocycles. The number of likely N-dealkylation sites (tertiary alicyclic amines) is 1. The predicted molar refractivity (Wildman–Crippen MR) is 127 cm³/mol. The molecule has 0 bridgehead atoms. The molecule has 1 spiro atoms. The molecule has 33 heavy (non-hydrogen) atoms. The number of aryl methyl sites for hydroxylation is 1. The first kappa shape index (κ1) is 24.0. The zero-order chi connectivity index (χ0) is 23.8. The molecule has 1 atom stereocenters. The highest BCUT2D eigenvalue weighted by molar-refractivity contribution is 5.92. The van der Waals surface area contributed by atoms with Crippen molar-refractivity contribution in [1.29, 1.82) is 0 Å². The maximum absolute atomic E-state index is 13.3. The Hall–Kier alpha value is -2.09. The Morgan fingerprint density at radius 2 is 1.94 bits per heavy atom. The molecule has 2 fully saturated rings. The third-order valence-electron chi connectivity index (χ3n) is 7.31. The van der Waals surface area contributed by atoms with Gasteiger partial charge in [0.25, 0.3) is 5.91 Å². The van der Waals surface area contributed by atoms with Crippen molar-refractivity contribution >= 4 is 12.0 Å². The molecule has 1 aromatic heterocycles. The number of aromatic nitrogens is 2. The van der Waals surface area contributed by atoms with Gasteiger partial charge in [-0.2, -0.15) is 5.10 Å². The van der Waals surface area contributed by atoms with Crippen LogP contribution in [0.5, 0.6) is 0 Å². The fraction of sp³-hybridized carbons (Fsp3) is 0.800. The molecular formula is C25H41N5O3. The number of carbonyl (C=O) groups is 2. The summed E-state index contributed by atoms with van der Waals surface area (Å²) >= 11 is 0. The molecule has 1 aromatic rings. The number of hydrogen-bond acceptors (Lipinski definition) is 5. The Morgan fingerprint density at radius 1 is 1.24 bits per heavy atom. The van der Waals surface area contributed by atoms with Gasteiger partial charge in [-0.1, -0.05) is 0 Å². The largest absolute Gasteiger partial charge is 0.444 e. The average Bonchev–Trinajstić information content (AvgIpc) is 3.39. The van der Waals surface area contributed by atoms with Gasteiger partial charge in [0.2, 0.25) is 0 Å². The van der Waals surface area contributed by atoms with E-state index >= 15 is 0 Å². The number of amides is 2. The summed E-state index contributed by atoms with van der Waals surface area (Å²) < 4.78 is 7.48. The summed E-state index contributed by atoms with van der Waals surface area (Å²) in [6.45, 7) is 12.6. The van der Waals surface area contributed by atoms with Crippen molar-refractivity contribution in [3.63, 3.8) is 0 Å². The van der Waals surface area contributed by atoms with Gasteiger partial charge in [0.05, 0.1) is 5.69 Å². The first-order valence-electron chi connectivity index (χ1n) is 12.5. The van der Waals surface area contributed by atoms with E-state index in [0.29, 0.717) is 17.5 Å². The van der Waals surface area contributed by atoms with Gasteiger partial charge in [0.15, 0.2) is 0 Å². The minimum absolute atomic E-state index is 0.0676. The zero-order valence-electron chi connectivity index (χ0n) is 21.0. The molecule has 8 nitrogen and oxygen atoms in total. The first-order chi connectivity index (χ1) is 15.5. The van der Waals surface area contributed by atoms with Crippen LogP contribution in [0.3, 0.4) is 0 Å². The van der Waals surface area contributed by atoms with E-state index in [0.717, 1.165) is 64.2 Å². The second kappa shape index (κ2) is 9.28. The number of hydrogen-bond donors (Lipinski definition) is 1. The molecule has 1 aliphatic carbocycles. The van der Waals surface area contributed by atoms with Crippen LogP contribution < -0.4 is 5.32 Å². The Balaban J connectivity index is 1.38. The third-order valence-corrected chi connectivity index (χ3v) is 7.31. The molecule has 8 heteroatoms. The number of ether oxygens (including phenoxy) is 1. The molecule has 1 unspecified atom stereocenters. The van der Waals surface area contributed by atoms with Crippen LogP contribution in [0.25, 0.3) is 0 Å². The van der Waals surface area contributed by atoms with Crippen LogP contribution in [0, 0.1) is 24.2 Å². The van der Waals surface area contributed by atoms with Crippen molar-refractivity contribution in [2.45, 2.75) is 71.9 Å². The molecule has 0 aromatic carbocycles. The number of piperidine rings is 1. The van der Waals surface area contributed by atoms with E-state index in [1.54, 1.807) is 0 Å². The second-order valence-electron chi connectivity index (χ2n) is 11.7. The van der Waals surface area contributed by atoms with Gasteiger partial charge >= 0.3 is 6.09 Å². The summed E-state index contributed by atoms with van der Waals surface area (Å²) in [5, 5.41) is 8.37. The van der Waals surface area contributed by atoms with E-state index in [9.17, 15) is 9.59 Å². The highest BCUT2D eigenvalue weighted by Gasteiger charge is 2.44. The molecule has 2 amide bonds. The van der Waals surface area contributed by atoms with E-state index in [1.165, 1.54) is 12.8 Å². The fourth-order valence-electron chi connectivity index (χ4n) is 5.30. The van der Waals surface area contributed by atoms with E-state index in [1.807, 2.05) is 55.3 Å². The lowest BCUT2D eigenvalue weighted by Gasteiger charge is -2.35. The minimum Gasteiger partial charge on any atom is -0.444 e. The quantitative estimate of drug-likeness (QED) is 0.734. The normalized spacial score (nSPS) is 24.4. The number of nitrogens with one attached hydrogen (secondary N) is 1. The topological polar surface area (TPSA) is 79.7 Å². The van der Waals surface area contributed by atoms with Crippen molar-refractivity contribution < 1.29 is 14.3 Å². The van der Waals surface area contributed by atoms with Gasteiger partial charge in [-0.25, -0.2) is 4.79 Å². The lowest BCUT2D eigenvalue weighted by molar-refractivity contribution is 0.0172. The summed E-state index contributed by atoms with van der Waals surface area (Å²) in [6.07, 6.45) is 5.22. The number of rotatable bonds is 2. The Bertz CT molecular complexity index is 862. The lowest BCUT2D eigenvalue weighted by Crippen LogP contribution is -2.43. The van der Waals surface area contributed by atoms with Gasteiger partial charge < -0.3 is 19.9 Å². The van der Waals surface area contributed by atoms with Crippen LogP contribution in [-0.4, -0.2) is 77.0 Å². The van der Waals surface area contributed by atoms with Crippen LogP contribution in [0.2, 0.25) is 0 Å². The van der Waals surface area contributed by atoms with Crippen LogP contribution in [-0.2, 0) is 11.3 Å². The van der Waals surface area contributed by atoms with Crippen LogP contribution >= 0.6 is 0 Å². The third kappa shape index (κ3) is 6.08. The standard InChI is InChI=1S/C25H41N5O3/c1-18-12-21-22(31)28(5)15-20(14-26-16-25(8-9-25)17-30(21)27-18)13-19-6-10-29(11-7-19)23(32)33-24(2,3)4/h12,19-20,26H,6-11,13-17H2,1-5H3. The van der Waals surface area contributed by atoms with Gasteiger partial charge in [-0.15, -0.1) is 0 Å². The predicted octanol–water partition coefficient (Wildman–Crippen LogP) is 3.30. The van der Waals surface area contributed by atoms with E-state index < -0.39 is 5.60 Å². The first-order valence-corrected chi connectivity index (χ1v) is 12.5. The minimum atomic E-state index is -0.460. The maximum Gasteiger partial charge on any atom is 0.410 e. The lowest BCUT2D eigenvalue weighted by atomic mass is 9.86. The second-order valence-corrected chi connectivity index (χ2v) is 11.7.